The summed E-state index contributed by atoms with van der Waals surface area (Å²) in [4.78, 5) is 4.69. The third-order valence-corrected chi connectivity index (χ3v) is 5.38. The van der Waals surface area contributed by atoms with E-state index in [0.717, 1.165) is 62.8 Å². The Morgan fingerprint density at radius 3 is 2.85 bits per heavy atom. The van der Waals surface area contributed by atoms with Gasteiger partial charge in [0.1, 0.15) is 0 Å². The first-order valence-corrected chi connectivity index (χ1v) is 10.5. The van der Waals surface area contributed by atoms with Gasteiger partial charge in [0.2, 0.25) is 0 Å². The molecule has 0 radical (unpaired) electrons. The van der Waals surface area contributed by atoms with E-state index in [-0.39, 0.29) is 24.0 Å². The standard InChI is InChI=1S/C20H30BrN3O2.HI/c1-2-22-20(23-9-3-10-25-13-15-8-11-26-14-15)24-19-12-18(19)16-4-6-17(21)7-5-16;/h4-7,15,18-19H,2-3,8-14H2,1H3,(H2,22,23,24);1H. The quantitative estimate of drug-likeness (QED) is 0.211. The van der Waals surface area contributed by atoms with Crippen molar-refractivity contribution in [2.75, 3.05) is 39.5 Å². The van der Waals surface area contributed by atoms with Crippen molar-refractivity contribution in [3.8, 4) is 0 Å². The Labute approximate surface area is 188 Å². The Balaban J connectivity index is 0.00000261. The summed E-state index contributed by atoms with van der Waals surface area (Å²) in [5.41, 5.74) is 1.39. The average molecular weight is 552 g/mol. The van der Waals surface area contributed by atoms with Crippen molar-refractivity contribution in [3.05, 3.63) is 34.3 Å². The van der Waals surface area contributed by atoms with Crippen LogP contribution in [0.3, 0.4) is 0 Å². The molecule has 1 aromatic carbocycles. The SMILES string of the molecule is CCNC(=NCCCOCC1CCOC1)NC1CC1c1ccc(Br)cc1.I. The summed E-state index contributed by atoms with van der Waals surface area (Å²) in [6.45, 7) is 7.09. The van der Waals surface area contributed by atoms with Crippen molar-refractivity contribution in [3.63, 3.8) is 0 Å². The molecule has 2 aliphatic rings. The van der Waals surface area contributed by atoms with E-state index in [0.29, 0.717) is 17.9 Å². The van der Waals surface area contributed by atoms with E-state index in [9.17, 15) is 0 Å². The Bertz CT molecular complexity index is 579. The van der Waals surface area contributed by atoms with E-state index in [2.05, 4.69) is 62.7 Å². The van der Waals surface area contributed by atoms with Gasteiger partial charge in [-0.05, 0) is 43.9 Å². The highest BCUT2D eigenvalue weighted by Gasteiger charge is 2.38. The van der Waals surface area contributed by atoms with Crippen LogP contribution in [0.1, 0.15) is 37.7 Å². The normalized spacial score (nSPS) is 24.4. The third-order valence-electron chi connectivity index (χ3n) is 4.85. The fraction of sp³-hybridized carbons (Fsp3) is 0.650. The molecular formula is C20H31BrIN3O2. The van der Waals surface area contributed by atoms with Gasteiger partial charge < -0.3 is 20.1 Å². The highest BCUT2D eigenvalue weighted by Crippen LogP contribution is 2.40. The second kappa shape index (κ2) is 12.2. The third kappa shape index (κ3) is 7.87. The van der Waals surface area contributed by atoms with E-state index in [1.54, 1.807) is 0 Å². The second-order valence-electron chi connectivity index (χ2n) is 7.06. The number of nitrogens with one attached hydrogen (secondary N) is 2. The lowest BCUT2D eigenvalue weighted by molar-refractivity contribution is 0.0893. The zero-order chi connectivity index (χ0) is 18.2. The molecule has 7 heteroatoms. The van der Waals surface area contributed by atoms with Crippen LogP contribution in [0.15, 0.2) is 33.7 Å². The smallest absolute Gasteiger partial charge is 0.191 e. The van der Waals surface area contributed by atoms with E-state index < -0.39 is 0 Å². The molecule has 2 N–H and O–H groups in total. The number of aliphatic imine (C=N–C) groups is 1. The summed E-state index contributed by atoms with van der Waals surface area (Å²) in [7, 11) is 0. The summed E-state index contributed by atoms with van der Waals surface area (Å²) in [6, 6.07) is 9.11. The van der Waals surface area contributed by atoms with Crippen molar-refractivity contribution in [1.82, 2.24) is 10.6 Å². The first kappa shape index (κ1) is 22.9. The first-order valence-electron chi connectivity index (χ1n) is 9.72. The molecule has 0 spiro atoms. The van der Waals surface area contributed by atoms with Crippen molar-refractivity contribution in [2.24, 2.45) is 10.9 Å². The molecule has 0 aromatic heterocycles. The van der Waals surface area contributed by atoms with Gasteiger partial charge in [0, 0.05) is 48.7 Å². The zero-order valence-corrected chi connectivity index (χ0v) is 19.9. The maximum Gasteiger partial charge on any atom is 0.191 e. The predicted molar refractivity (Wildman–Crippen MR) is 124 cm³/mol. The van der Waals surface area contributed by atoms with E-state index in [1.165, 1.54) is 12.0 Å². The lowest BCUT2D eigenvalue weighted by Crippen LogP contribution is -2.39. The summed E-state index contributed by atoms with van der Waals surface area (Å²) < 4.78 is 12.2. The van der Waals surface area contributed by atoms with Crippen LogP contribution >= 0.6 is 39.9 Å². The van der Waals surface area contributed by atoms with Crippen molar-refractivity contribution < 1.29 is 9.47 Å². The fourth-order valence-corrected chi connectivity index (χ4v) is 3.52. The zero-order valence-electron chi connectivity index (χ0n) is 16.0. The van der Waals surface area contributed by atoms with Crippen LogP contribution in [0.5, 0.6) is 0 Å². The average Bonchev–Trinajstić information content (AvgIpc) is 3.20. The highest BCUT2D eigenvalue weighted by molar-refractivity contribution is 14.0. The molecule has 1 aliphatic heterocycles. The molecule has 1 aromatic rings. The number of hydrogen-bond donors (Lipinski definition) is 2. The minimum Gasteiger partial charge on any atom is -0.381 e. The van der Waals surface area contributed by atoms with Crippen LogP contribution in [0.2, 0.25) is 0 Å². The molecule has 3 atom stereocenters. The van der Waals surface area contributed by atoms with Crippen LogP contribution in [-0.4, -0.2) is 51.5 Å². The molecule has 1 saturated carbocycles. The number of nitrogens with zero attached hydrogens (tertiary/aromatic N) is 1. The van der Waals surface area contributed by atoms with Crippen LogP contribution in [0.25, 0.3) is 0 Å². The summed E-state index contributed by atoms with van der Waals surface area (Å²) >= 11 is 3.50. The van der Waals surface area contributed by atoms with Gasteiger partial charge in [0.25, 0.3) is 0 Å². The van der Waals surface area contributed by atoms with E-state index in [4.69, 9.17) is 9.47 Å². The molecule has 3 rings (SSSR count). The summed E-state index contributed by atoms with van der Waals surface area (Å²) in [5.74, 6) is 2.09. The molecule has 1 aliphatic carbocycles. The van der Waals surface area contributed by atoms with Gasteiger partial charge >= 0.3 is 0 Å². The minimum atomic E-state index is 0. The number of guanidine groups is 1. The maximum absolute atomic E-state index is 5.74. The van der Waals surface area contributed by atoms with Crippen molar-refractivity contribution in [1.29, 1.82) is 0 Å². The summed E-state index contributed by atoms with van der Waals surface area (Å²) in [6.07, 6.45) is 3.25. The largest absolute Gasteiger partial charge is 0.381 e. The predicted octanol–water partition coefficient (Wildman–Crippen LogP) is 3.92. The molecule has 0 bridgehead atoms. The van der Waals surface area contributed by atoms with Gasteiger partial charge in [0.15, 0.2) is 5.96 Å². The number of rotatable bonds is 9. The molecule has 0 amide bonds. The number of ether oxygens (including phenoxy) is 2. The van der Waals surface area contributed by atoms with Gasteiger partial charge in [-0.25, -0.2) is 0 Å². The topological polar surface area (TPSA) is 54.9 Å². The highest BCUT2D eigenvalue weighted by atomic mass is 127. The fourth-order valence-electron chi connectivity index (χ4n) is 3.25. The molecule has 1 saturated heterocycles. The Hall–Kier alpha value is -0.380. The molecule has 2 fully saturated rings. The first-order chi connectivity index (χ1) is 12.8. The lowest BCUT2D eigenvalue weighted by atomic mass is 10.1. The monoisotopic (exact) mass is 551 g/mol. The van der Waals surface area contributed by atoms with Gasteiger partial charge in [0.05, 0.1) is 13.2 Å². The van der Waals surface area contributed by atoms with Gasteiger partial charge in [-0.1, -0.05) is 28.1 Å². The Morgan fingerprint density at radius 1 is 1.33 bits per heavy atom. The summed E-state index contributed by atoms with van der Waals surface area (Å²) in [5, 5.41) is 6.91. The molecule has 152 valence electrons. The van der Waals surface area contributed by atoms with Gasteiger partial charge in [-0.3, -0.25) is 4.99 Å². The molecule has 3 unspecified atom stereocenters. The van der Waals surface area contributed by atoms with Crippen LogP contribution in [0.4, 0.5) is 0 Å². The van der Waals surface area contributed by atoms with Gasteiger partial charge in [-0.15, -0.1) is 24.0 Å². The lowest BCUT2D eigenvalue weighted by Gasteiger charge is -2.12. The Kier molecular flexibility index (Phi) is 10.4. The number of benzene rings is 1. The van der Waals surface area contributed by atoms with Crippen molar-refractivity contribution in [2.45, 2.75) is 38.1 Å². The second-order valence-corrected chi connectivity index (χ2v) is 7.98. The van der Waals surface area contributed by atoms with Crippen LogP contribution in [-0.2, 0) is 9.47 Å². The maximum atomic E-state index is 5.74. The van der Waals surface area contributed by atoms with Crippen molar-refractivity contribution >= 4 is 45.9 Å². The molecule has 5 nitrogen and oxygen atoms in total. The number of hydrogen-bond acceptors (Lipinski definition) is 3. The van der Waals surface area contributed by atoms with E-state index in [1.807, 2.05) is 0 Å². The number of halogens is 2. The van der Waals surface area contributed by atoms with E-state index >= 15 is 0 Å². The van der Waals surface area contributed by atoms with Crippen LogP contribution < -0.4 is 10.6 Å². The molecule has 1 heterocycles. The van der Waals surface area contributed by atoms with Gasteiger partial charge in [-0.2, -0.15) is 0 Å². The molecule has 27 heavy (non-hydrogen) atoms. The minimum absolute atomic E-state index is 0. The van der Waals surface area contributed by atoms with Crippen LogP contribution in [0, 0.1) is 5.92 Å². The Morgan fingerprint density at radius 2 is 2.15 bits per heavy atom. The molecular weight excluding hydrogens is 521 g/mol.